The third kappa shape index (κ3) is 2.18. The number of rotatable bonds is 2. The smallest absolute Gasteiger partial charge is 0.174 e. The zero-order valence-electron chi connectivity index (χ0n) is 5.95. The van der Waals surface area contributed by atoms with Gasteiger partial charge in [0.05, 0.1) is 0 Å². The minimum Gasteiger partial charge on any atom is -0.479 e. The van der Waals surface area contributed by atoms with Crippen LogP contribution in [0.25, 0.3) is 0 Å². The van der Waals surface area contributed by atoms with Crippen LogP contribution in [0.15, 0.2) is 24.3 Å². The van der Waals surface area contributed by atoms with Gasteiger partial charge in [-0.2, -0.15) is 5.26 Å². The summed E-state index contributed by atoms with van der Waals surface area (Å²) in [7, 11) is 0. The Morgan fingerprint density at radius 3 is 2.55 bits per heavy atom. The summed E-state index contributed by atoms with van der Waals surface area (Å²) < 4.78 is 4.99. The number of nitriles is 1. The molecule has 0 heterocycles. The van der Waals surface area contributed by atoms with Gasteiger partial charge in [-0.05, 0) is 24.3 Å². The molecule has 0 aliphatic rings. The number of ether oxygens (including phenoxy) is 1. The normalized spacial score (nSPS) is 8.64. The third-order valence-electron chi connectivity index (χ3n) is 1.18. The second-order valence-electron chi connectivity index (χ2n) is 2.02. The molecular formula is C8H8N2O. The van der Waals surface area contributed by atoms with E-state index >= 15 is 0 Å². The SMILES string of the molecule is N#CCOc1ccc(N)cc1. The molecule has 1 aromatic carbocycles. The highest BCUT2D eigenvalue weighted by atomic mass is 16.5. The summed E-state index contributed by atoms with van der Waals surface area (Å²) in [6.07, 6.45) is 0. The fourth-order valence-corrected chi connectivity index (χ4v) is 0.680. The van der Waals surface area contributed by atoms with Crippen molar-refractivity contribution in [1.29, 1.82) is 5.26 Å². The number of hydrogen-bond acceptors (Lipinski definition) is 3. The first-order valence-electron chi connectivity index (χ1n) is 3.18. The Bertz CT molecular complexity index is 260. The number of hydrogen-bond donors (Lipinski definition) is 1. The number of nitrogen functional groups attached to an aromatic ring is 1. The van der Waals surface area contributed by atoms with E-state index in [9.17, 15) is 0 Å². The lowest BCUT2D eigenvalue weighted by Gasteiger charge is -1.99. The number of benzene rings is 1. The molecule has 3 heteroatoms. The highest BCUT2D eigenvalue weighted by molar-refractivity contribution is 5.41. The van der Waals surface area contributed by atoms with E-state index in [0.717, 1.165) is 0 Å². The molecule has 0 radical (unpaired) electrons. The highest BCUT2D eigenvalue weighted by Gasteiger charge is 1.90. The molecule has 0 unspecified atom stereocenters. The molecule has 0 spiro atoms. The van der Waals surface area contributed by atoms with Crippen LogP contribution in [0.4, 0.5) is 5.69 Å². The lowest BCUT2D eigenvalue weighted by Crippen LogP contribution is -1.93. The van der Waals surface area contributed by atoms with Gasteiger partial charge in [0.1, 0.15) is 11.8 Å². The van der Waals surface area contributed by atoms with Crippen molar-refractivity contribution in [1.82, 2.24) is 0 Å². The minimum atomic E-state index is 0.0733. The number of anilines is 1. The van der Waals surface area contributed by atoms with E-state index in [-0.39, 0.29) is 6.61 Å². The Hall–Kier alpha value is -1.69. The minimum absolute atomic E-state index is 0.0733. The van der Waals surface area contributed by atoms with Crippen molar-refractivity contribution in [2.24, 2.45) is 0 Å². The van der Waals surface area contributed by atoms with E-state index < -0.39 is 0 Å². The van der Waals surface area contributed by atoms with E-state index in [1.807, 2.05) is 6.07 Å². The molecule has 0 aromatic heterocycles. The van der Waals surface area contributed by atoms with E-state index in [2.05, 4.69) is 0 Å². The molecule has 56 valence electrons. The van der Waals surface area contributed by atoms with Crippen LogP contribution in [-0.4, -0.2) is 6.61 Å². The topological polar surface area (TPSA) is 59.0 Å². The van der Waals surface area contributed by atoms with Crippen LogP contribution in [0.5, 0.6) is 5.75 Å². The second-order valence-corrected chi connectivity index (χ2v) is 2.02. The van der Waals surface area contributed by atoms with Gasteiger partial charge >= 0.3 is 0 Å². The van der Waals surface area contributed by atoms with Crippen molar-refractivity contribution in [3.63, 3.8) is 0 Å². The first-order valence-corrected chi connectivity index (χ1v) is 3.18. The van der Waals surface area contributed by atoms with Gasteiger partial charge in [-0.25, -0.2) is 0 Å². The van der Waals surface area contributed by atoms with Gasteiger partial charge in [0.15, 0.2) is 6.61 Å². The first-order chi connectivity index (χ1) is 5.33. The largest absolute Gasteiger partial charge is 0.479 e. The van der Waals surface area contributed by atoms with Crippen molar-refractivity contribution >= 4 is 5.69 Å². The molecule has 1 aromatic rings. The molecule has 0 aliphatic carbocycles. The van der Waals surface area contributed by atoms with Crippen molar-refractivity contribution in [3.05, 3.63) is 24.3 Å². The average molecular weight is 148 g/mol. The van der Waals surface area contributed by atoms with Gasteiger partial charge in [0.2, 0.25) is 0 Å². The summed E-state index contributed by atoms with van der Waals surface area (Å²) in [6.45, 7) is 0.0733. The highest BCUT2D eigenvalue weighted by Crippen LogP contribution is 2.12. The Morgan fingerprint density at radius 2 is 2.00 bits per heavy atom. The van der Waals surface area contributed by atoms with Crippen molar-refractivity contribution in [3.8, 4) is 11.8 Å². The number of nitrogens with two attached hydrogens (primary N) is 1. The average Bonchev–Trinajstić information content (AvgIpc) is 2.04. The van der Waals surface area contributed by atoms with E-state index in [0.29, 0.717) is 11.4 Å². The Morgan fingerprint density at radius 1 is 1.36 bits per heavy atom. The van der Waals surface area contributed by atoms with Gasteiger partial charge in [0, 0.05) is 5.69 Å². The van der Waals surface area contributed by atoms with Crippen LogP contribution < -0.4 is 10.5 Å². The molecule has 3 nitrogen and oxygen atoms in total. The maximum atomic E-state index is 8.18. The predicted octanol–water partition coefficient (Wildman–Crippen LogP) is 1.17. The van der Waals surface area contributed by atoms with Crippen LogP contribution >= 0.6 is 0 Å². The van der Waals surface area contributed by atoms with Gasteiger partial charge in [-0.1, -0.05) is 0 Å². The molecule has 0 fully saturated rings. The van der Waals surface area contributed by atoms with Gasteiger partial charge in [-0.3, -0.25) is 0 Å². The van der Waals surface area contributed by atoms with E-state index in [1.54, 1.807) is 24.3 Å². The maximum absolute atomic E-state index is 8.18. The molecule has 0 aliphatic heterocycles. The fourth-order valence-electron chi connectivity index (χ4n) is 0.680. The predicted molar refractivity (Wildman–Crippen MR) is 42.0 cm³/mol. The van der Waals surface area contributed by atoms with Gasteiger partial charge in [0.25, 0.3) is 0 Å². The molecule has 0 bridgehead atoms. The standard InChI is InChI=1S/C8H8N2O/c9-5-6-11-8-3-1-7(10)2-4-8/h1-4H,6,10H2. The molecular weight excluding hydrogens is 140 g/mol. The van der Waals surface area contributed by atoms with Crippen molar-refractivity contribution in [2.45, 2.75) is 0 Å². The lowest BCUT2D eigenvalue weighted by molar-refractivity contribution is 0.368. The van der Waals surface area contributed by atoms with Crippen LogP contribution in [0.3, 0.4) is 0 Å². The second kappa shape index (κ2) is 3.47. The van der Waals surface area contributed by atoms with Crippen molar-refractivity contribution in [2.75, 3.05) is 12.3 Å². The quantitative estimate of drug-likeness (QED) is 0.640. The van der Waals surface area contributed by atoms with E-state index in [1.165, 1.54) is 0 Å². The maximum Gasteiger partial charge on any atom is 0.174 e. The summed E-state index contributed by atoms with van der Waals surface area (Å²) in [5, 5.41) is 8.18. The summed E-state index contributed by atoms with van der Waals surface area (Å²) in [6, 6.07) is 8.79. The monoisotopic (exact) mass is 148 g/mol. The molecule has 2 N–H and O–H groups in total. The molecule has 0 saturated carbocycles. The molecule has 11 heavy (non-hydrogen) atoms. The summed E-state index contributed by atoms with van der Waals surface area (Å²) in [5.41, 5.74) is 6.12. The van der Waals surface area contributed by atoms with Crippen LogP contribution in [0, 0.1) is 11.3 Å². The molecule has 0 saturated heterocycles. The van der Waals surface area contributed by atoms with Gasteiger partial charge in [-0.15, -0.1) is 0 Å². The van der Waals surface area contributed by atoms with E-state index in [4.69, 9.17) is 15.7 Å². The third-order valence-corrected chi connectivity index (χ3v) is 1.18. The lowest BCUT2D eigenvalue weighted by atomic mass is 10.3. The van der Waals surface area contributed by atoms with Crippen molar-refractivity contribution < 1.29 is 4.74 Å². The molecule has 0 atom stereocenters. The fraction of sp³-hybridized carbons (Fsp3) is 0.125. The Kier molecular flexibility index (Phi) is 2.34. The zero-order valence-corrected chi connectivity index (χ0v) is 5.95. The first kappa shape index (κ1) is 7.42. The van der Waals surface area contributed by atoms with Gasteiger partial charge < -0.3 is 10.5 Å². The molecule has 0 amide bonds. The Labute approximate surface area is 65.0 Å². The summed E-state index contributed by atoms with van der Waals surface area (Å²) in [5.74, 6) is 0.667. The van der Waals surface area contributed by atoms with Crippen LogP contribution in [0.2, 0.25) is 0 Å². The molecule has 1 rings (SSSR count). The number of nitrogens with zero attached hydrogens (tertiary/aromatic N) is 1. The summed E-state index contributed by atoms with van der Waals surface area (Å²) >= 11 is 0. The van der Waals surface area contributed by atoms with Crippen LogP contribution in [-0.2, 0) is 0 Å². The zero-order chi connectivity index (χ0) is 8.10. The Balaban J connectivity index is 2.60. The summed E-state index contributed by atoms with van der Waals surface area (Å²) in [4.78, 5) is 0. The van der Waals surface area contributed by atoms with Crippen LogP contribution in [0.1, 0.15) is 0 Å².